The first-order valence-electron chi connectivity index (χ1n) is 13.9. The zero-order valence-electron chi connectivity index (χ0n) is 24.2. The van der Waals surface area contributed by atoms with Crippen molar-refractivity contribution in [2.75, 3.05) is 0 Å². The van der Waals surface area contributed by atoms with Crippen LogP contribution in [0.25, 0.3) is 11.6 Å². The van der Waals surface area contributed by atoms with Crippen LogP contribution in [0.1, 0.15) is 34.0 Å². The van der Waals surface area contributed by atoms with Crippen molar-refractivity contribution in [1.29, 1.82) is 5.26 Å². The maximum absolute atomic E-state index is 15.6. The Morgan fingerprint density at radius 2 is 1.74 bits per heavy atom. The number of rotatable bonds is 10. The van der Waals surface area contributed by atoms with E-state index in [0.717, 1.165) is 11.1 Å². The van der Waals surface area contributed by atoms with Crippen LogP contribution in [0.4, 0.5) is 4.39 Å². The summed E-state index contributed by atoms with van der Waals surface area (Å²) in [5, 5.41) is 18.4. The molecule has 2 aromatic heterocycles. The van der Waals surface area contributed by atoms with Crippen LogP contribution in [0.5, 0.6) is 17.2 Å². The average molecular weight is 675 g/mol. The molecule has 8 nitrogen and oxygen atoms in total. The van der Waals surface area contributed by atoms with E-state index >= 15 is 4.39 Å². The molecule has 2 heterocycles. The van der Waals surface area contributed by atoms with Crippen molar-refractivity contribution < 1.29 is 18.3 Å². The van der Waals surface area contributed by atoms with Gasteiger partial charge < -0.3 is 18.5 Å². The summed E-state index contributed by atoms with van der Waals surface area (Å²) in [6.07, 6.45) is 2.04. The molecule has 0 aliphatic heterocycles. The monoisotopic (exact) mass is 673 g/mol. The van der Waals surface area contributed by atoms with E-state index in [-0.39, 0.29) is 50.9 Å². The van der Waals surface area contributed by atoms with E-state index in [9.17, 15) is 5.26 Å². The number of aromatic nitrogens is 4. The lowest BCUT2D eigenvalue weighted by molar-refractivity contribution is 0.303. The van der Waals surface area contributed by atoms with Crippen LogP contribution in [0.2, 0.25) is 15.1 Å². The Bertz CT molecular complexity index is 2080. The molecule has 0 fully saturated rings. The number of nitriles is 1. The Balaban J connectivity index is 1.19. The third kappa shape index (κ3) is 7.00. The first-order chi connectivity index (χ1) is 22.3. The first-order valence-corrected chi connectivity index (χ1v) is 15.0. The zero-order valence-corrected chi connectivity index (χ0v) is 26.4. The van der Waals surface area contributed by atoms with E-state index in [2.05, 4.69) is 15.2 Å². The molecule has 0 unspecified atom stereocenters. The Morgan fingerprint density at radius 1 is 0.913 bits per heavy atom. The predicted molar refractivity (Wildman–Crippen MR) is 172 cm³/mol. The molecule has 4 aromatic carbocycles. The minimum atomic E-state index is -0.708. The van der Waals surface area contributed by atoms with E-state index in [4.69, 9.17) is 48.7 Å². The number of ether oxygens (including phenoxy) is 2. The van der Waals surface area contributed by atoms with Gasteiger partial charge >= 0.3 is 0 Å². The van der Waals surface area contributed by atoms with Crippen LogP contribution in [0.15, 0.2) is 89.5 Å². The van der Waals surface area contributed by atoms with Crippen molar-refractivity contribution in [3.8, 4) is 34.9 Å². The molecule has 0 N–H and O–H groups in total. The SMILES string of the molecule is Cn1c(-c2nnc(Cc3ccc(Cl)c(Oc4cc(Cl)cc(C#N)c4)c3F)o2)cnc1Cc1cc(Cl)ccc1OCc1ccccc1. The van der Waals surface area contributed by atoms with Crippen LogP contribution in [0, 0.1) is 17.1 Å². The highest BCUT2D eigenvalue weighted by molar-refractivity contribution is 6.32. The van der Waals surface area contributed by atoms with Gasteiger partial charge in [0, 0.05) is 34.6 Å². The molecule has 0 saturated carbocycles. The lowest BCUT2D eigenvalue weighted by Gasteiger charge is -2.12. The van der Waals surface area contributed by atoms with Crippen LogP contribution >= 0.6 is 34.8 Å². The number of benzene rings is 4. The Kier molecular flexibility index (Phi) is 9.22. The fourth-order valence-electron chi connectivity index (χ4n) is 4.74. The summed E-state index contributed by atoms with van der Waals surface area (Å²) in [5.41, 5.74) is 2.97. The molecule has 6 aromatic rings. The summed E-state index contributed by atoms with van der Waals surface area (Å²) in [7, 11) is 1.84. The molecule has 0 atom stereocenters. The number of halogens is 4. The van der Waals surface area contributed by atoms with Crippen LogP contribution in [0.3, 0.4) is 0 Å². The Hall–Kier alpha value is -4.88. The molecule has 0 radical (unpaired) electrons. The van der Waals surface area contributed by atoms with Gasteiger partial charge in [-0.25, -0.2) is 9.37 Å². The summed E-state index contributed by atoms with van der Waals surface area (Å²) in [6, 6.07) is 24.7. The number of nitrogens with zero attached hydrogens (tertiary/aromatic N) is 5. The molecule has 0 bridgehead atoms. The normalized spacial score (nSPS) is 11.0. The molecular formula is C34H23Cl3FN5O3. The van der Waals surface area contributed by atoms with Crippen molar-refractivity contribution in [2.24, 2.45) is 7.05 Å². The minimum absolute atomic E-state index is 0.0271. The quantitative estimate of drug-likeness (QED) is 0.143. The molecule has 46 heavy (non-hydrogen) atoms. The fraction of sp³-hybridized carbons (Fsp3) is 0.118. The summed E-state index contributed by atoms with van der Waals surface area (Å²) < 4.78 is 35.1. The van der Waals surface area contributed by atoms with Gasteiger partial charge in [0.15, 0.2) is 11.6 Å². The third-order valence-electron chi connectivity index (χ3n) is 7.07. The average Bonchev–Trinajstić information content (AvgIpc) is 3.66. The molecule has 6 rings (SSSR count). The van der Waals surface area contributed by atoms with Crippen LogP contribution in [-0.4, -0.2) is 19.7 Å². The van der Waals surface area contributed by atoms with Gasteiger partial charge in [-0.15, -0.1) is 10.2 Å². The maximum Gasteiger partial charge on any atom is 0.265 e. The molecule has 0 saturated heterocycles. The molecular weight excluding hydrogens is 652 g/mol. The highest BCUT2D eigenvalue weighted by Crippen LogP contribution is 2.36. The molecule has 0 spiro atoms. The lowest BCUT2D eigenvalue weighted by atomic mass is 10.1. The van der Waals surface area contributed by atoms with E-state index in [1.165, 1.54) is 30.3 Å². The van der Waals surface area contributed by atoms with E-state index in [1.54, 1.807) is 12.3 Å². The lowest BCUT2D eigenvalue weighted by Crippen LogP contribution is -2.04. The Morgan fingerprint density at radius 3 is 2.54 bits per heavy atom. The Labute approximate surface area is 278 Å². The van der Waals surface area contributed by atoms with Crippen LogP contribution in [-0.2, 0) is 26.5 Å². The second kappa shape index (κ2) is 13.6. The topological polar surface area (TPSA) is 99.0 Å². The maximum atomic E-state index is 15.6. The number of hydrogen-bond donors (Lipinski definition) is 0. The number of hydrogen-bond acceptors (Lipinski definition) is 7. The largest absolute Gasteiger partial charge is 0.489 e. The van der Waals surface area contributed by atoms with Gasteiger partial charge in [0.25, 0.3) is 5.89 Å². The van der Waals surface area contributed by atoms with E-state index in [0.29, 0.717) is 35.3 Å². The summed E-state index contributed by atoms with van der Waals surface area (Å²) in [6.45, 7) is 0.413. The molecule has 230 valence electrons. The van der Waals surface area contributed by atoms with Crippen LogP contribution < -0.4 is 9.47 Å². The van der Waals surface area contributed by atoms with Crippen molar-refractivity contribution in [3.05, 3.63) is 140 Å². The number of imidazole rings is 1. The van der Waals surface area contributed by atoms with Crippen molar-refractivity contribution in [1.82, 2.24) is 19.7 Å². The summed E-state index contributed by atoms with van der Waals surface area (Å²) in [5.74, 6) is 1.05. The summed E-state index contributed by atoms with van der Waals surface area (Å²) >= 11 is 18.6. The highest BCUT2D eigenvalue weighted by atomic mass is 35.5. The fourth-order valence-corrected chi connectivity index (χ4v) is 5.35. The minimum Gasteiger partial charge on any atom is -0.489 e. The van der Waals surface area contributed by atoms with Crippen molar-refractivity contribution in [2.45, 2.75) is 19.4 Å². The predicted octanol–water partition coefficient (Wildman–Crippen LogP) is 8.99. The van der Waals surface area contributed by atoms with Gasteiger partial charge in [-0.3, -0.25) is 0 Å². The second-order valence-corrected chi connectivity index (χ2v) is 11.5. The van der Waals surface area contributed by atoms with E-state index < -0.39 is 5.82 Å². The molecule has 12 heteroatoms. The van der Waals surface area contributed by atoms with Gasteiger partial charge in [0.05, 0.1) is 29.3 Å². The highest BCUT2D eigenvalue weighted by Gasteiger charge is 2.20. The standard InChI is InChI=1S/C34H23Cl3FN5O3/c1-43-28(18-40-30(43)14-23-13-24(35)8-10-29(23)44-19-20-5-3-2-4-6-20)34-42-41-31(46-34)15-22-7-9-27(37)33(32(22)38)45-26-12-21(17-39)11-25(36)16-26/h2-13,16,18H,14-15,19H2,1H3. The smallest absolute Gasteiger partial charge is 0.265 e. The molecule has 0 aliphatic carbocycles. The van der Waals surface area contributed by atoms with Gasteiger partial charge in [-0.05, 0) is 48.0 Å². The third-order valence-corrected chi connectivity index (χ3v) is 7.82. The first kappa shape index (κ1) is 31.1. The van der Waals surface area contributed by atoms with Gasteiger partial charge in [0.2, 0.25) is 5.89 Å². The zero-order chi connectivity index (χ0) is 32.2. The van der Waals surface area contributed by atoms with Crippen molar-refractivity contribution >= 4 is 34.8 Å². The summed E-state index contributed by atoms with van der Waals surface area (Å²) in [4.78, 5) is 4.58. The van der Waals surface area contributed by atoms with Gasteiger partial charge in [0.1, 0.15) is 29.6 Å². The van der Waals surface area contributed by atoms with Crippen molar-refractivity contribution in [3.63, 3.8) is 0 Å². The van der Waals surface area contributed by atoms with Gasteiger partial charge in [-0.1, -0.05) is 71.2 Å². The second-order valence-electron chi connectivity index (χ2n) is 10.2. The van der Waals surface area contributed by atoms with E-state index in [1.807, 2.05) is 60.1 Å². The molecule has 0 amide bonds. The van der Waals surface area contributed by atoms with Gasteiger partial charge in [-0.2, -0.15) is 5.26 Å². The molecule has 0 aliphatic rings.